The quantitative estimate of drug-likeness (QED) is 0.759. The molecule has 0 N–H and O–H groups in total. The summed E-state index contributed by atoms with van der Waals surface area (Å²) in [6.45, 7) is 0. The molecule has 16 heavy (non-hydrogen) atoms. The Labute approximate surface area is 101 Å². The second-order valence-corrected chi connectivity index (χ2v) is 5.68. The van der Waals surface area contributed by atoms with E-state index < -0.39 is 0 Å². The maximum absolute atomic E-state index is 9.13. The van der Waals surface area contributed by atoms with Gasteiger partial charge in [0.25, 0.3) is 0 Å². The van der Waals surface area contributed by atoms with Crippen molar-refractivity contribution in [2.75, 3.05) is 0 Å². The first-order valence-electron chi connectivity index (χ1n) is 5.88. The van der Waals surface area contributed by atoms with Crippen LogP contribution in [0.2, 0.25) is 5.02 Å². The summed E-state index contributed by atoms with van der Waals surface area (Å²) in [6, 6.07) is 10.6. The van der Waals surface area contributed by atoms with Crippen LogP contribution in [0.4, 0.5) is 0 Å². The third-order valence-corrected chi connectivity index (χ3v) is 4.56. The number of benzene rings is 1. The number of hydrogen-bond donors (Lipinski definition) is 0. The van der Waals surface area contributed by atoms with Gasteiger partial charge in [-0.1, -0.05) is 29.8 Å². The van der Waals surface area contributed by atoms with Crippen LogP contribution in [0.15, 0.2) is 24.3 Å². The predicted octanol–water partition coefficient (Wildman–Crippen LogP) is 3.82. The summed E-state index contributed by atoms with van der Waals surface area (Å²) in [4.78, 5) is 0. The van der Waals surface area contributed by atoms with Gasteiger partial charge in [0, 0.05) is 5.02 Å². The third-order valence-electron chi connectivity index (χ3n) is 4.19. The van der Waals surface area contributed by atoms with E-state index in [4.69, 9.17) is 16.9 Å². The van der Waals surface area contributed by atoms with Gasteiger partial charge in [-0.3, -0.25) is 0 Å². The van der Waals surface area contributed by atoms with Gasteiger partial charge in [0.15, 0.2) is 0 Å². The Bertz CT molecular complexity index is 462. The lowest BCUT2D eigenvalue weighted by atomic mass is 9.92. The molecular formula is C14H14ClN. The molecule has 0 radical (unpaired) electrons. The molecule has 2 aliphatic rings. The lowest BCUT2D eigenvalue weighted by Gasteiger charge is -2.13. The lowest BCUT2D eigenvalue weighted by Crippen LogP contribution is -2.05. The van der Waals surface area contributed by atoms with Gasteiger partial charge in [0.05, 0.1) is 11.5 Å². The normalized spacial score (nSPS) is 35.5. The van der Waals surface area contributed by atoms with Crippen molar-refractivity contribution in [3.05, 3.63) is 34.9 Å². The van der Waals surface area contributed by atoms with Gasteiger partial charge in [-0.05, 0) is 49.1 Å². The van der Waals surface area contributed by atoms with E-state index in [0.29, 0.717) is 11.8 Å². The van der Waals surface area contributed by atoms with E-state index in [9.17, 15) is 0 Å². The van der Waals surface area contributed by atoms with E-state index in [1.165, 1.54) is 12.0 Å². The Morgan fingerprint density at radius 2 is 2.19 bits per heavy atom. The van der Waals surface area contributed by atoms with E-state index in [0.717, 1.165) is 24.3 Å². The van der Waals surface area contributed by atoms with Crippen LogP contribution in [0.5, 0.6) is 0 Å². The number of nitriles is 1. The molecule has 3 unspecified atom stereocenters. The van der Waals surface area contributed by atoms with Crippen molar-refractivity contribution in [3.8, 4) is 6.07 Å². The standard InChI is InChI=1S/C14H14ClN/c15-13-4-2-1-3-11(13)5-10-6-12-8-14(12,7-10)9-16/h1-4,10,12H,5-8H2. The number of rotatable bonds is 2. The summed E-state index contributed by atoms with van der Waals surface area (Å²) in [5.41, 5.74) is 1.30. The molecule has 0 spiro atoms. The van der Waals surface area contributed by atoms with Gasteiger partial charge in [0.2, 0.25) is 0 Å². The molecule has 2 aliphatic carbocycles. The summed E-state index contributed by atoms with van der Waals surface area (Å²) in [6.07, 6.45) is 4.49. The van der Waals surface area contributed by atoms with Gasteiger partial charge in [0.1, 0.15) is 0 Å². The minimum Gasteiger partial charge on any atom is -0.198 e. The van der Waals surface area contributed by atoms with Crippen LogP contribution in [0.3, 0.4) is 0 Å². The molecule has 0 saturated heterocycles. The molecule has 0 aromatic heterocycles. The molecule has 0 aliphatic heterocycles. The van der Waals surface area contributed by atoms with Crippen LogP contribution in [0.25, 0.3) is 0 Å². The highest BCUT2D eigenvalue weighted by Gasteiger charge is 2.60. The highest BCUT2D eigenvalue weighted by Crippen LogP contribution is 2.65. The first kappa shape index (κ1) is 10.2. The average Bonchev–Trinajstić information content (AvgIpc) is 2.86. The predicted molar refractivity (Wildman–Crippen MR) is 64.0 cm³/mol. The Hall–Kier alpha value is -1.00. The summed E-state index contributed by atoms with van der Waals surface area (Å²) < 4.78 is 0. The van der Waals surface area contributed by atoms with Gasteiger partial charge < -0.3 is 0 Å². The average molecular weight is 232 g/mol. The van der Waals surface area contributed by atoms with E-state index in [1.807, 2.05) is 18.2 Å². The molecule has 1 aromatic carbocycles. The molecule has 2 heteroatoms. The molecule has 82 valence electrons. The van der Waals surface area contributed by atoms with Crippen molar-refractivity contribution in [3.63, 3.8) is 0 Å². The maximum Gasteiger partial charge on any atom is 0.0692 e. The van der Waals surface area contributed by atoms with Crippen molar-refractivity contribution in [2.45, 2.75) is 25.7 Å². The summed E-state index contributed by atoms with van der Waals surface area (Å²) >= 11 is 6.15. The molecule has 3 rings (SSSR count). The molecule has 2 fully saturated rings. The molecule has 1 aromatic rings. The molecule has 1 nitrogen and oxygen atoms in total. The van der Waals surface area contributed by atoms with Gasteiger partial charge >= 0.3 is 0 Å². The van der Waals surface area contributed by atoms with Gasteiger partial charge in [-0.25, -0.2) is 0 Å². The Morgan fingerprint density at radius 1 is 1.38 bits per heavy atom. The monoisotopic (exact) mass is 231 g/mol. The van der Waals surface area contributed by atoms with Crippen molar-refractivity contribution < 1.29 is 0 Å². The van der Waals surface area contributed by atoms with E-state index in [-0.39, 0.29) is 5.41 Å². The maximum atomic E-state index is 9.13. The highest BCUT2D eigenvalue weighted by molar-refractivity contribution is 6.31. The topological polar surface area (TPSA) is 23.8 Å². The van der Waals surface area contributed by atoms with Crippen LogP contribution < -0.4 is 0 Å². The second kappa shape index (κ2) is 3.50. The van der Waals surface area contributed by atoms with Crippen molar-refractivity contribution in [1.29, 1.82) is 5.26 Å². The molecule has 0 bridgehead atoms. The Kier molecular flexibility index (Phi) is 2.23. The summed E-state index contributed by atoms with van der Waals surface area (Å²) in [7, 11) is 0. The third kappa shape index (κ3) is 1.53. The van der Waals surface area contributed by atoms with E-state index in [2.05, 4.69) is 12.1 Å². The largest absolute Gasteiger partial charge is 0.198 e. The van der Waals surface area contributed by atoms with Gasteiger partial charge in [-0.15, -0.1) is 0 Å². The SMILES string of the molecule is N#CC12CC(Cc3ccccc3Cl)CC1C2. The highest BCUT2D eigenvalue weighted by atomic mass is 35.5. The minimum atomic E-state index is 0.0614. The Balaban J connectivity index is 1.70. The van der Waals surface area contributed by atoms with Crippen LogP contribution in [0, 0.1) is 28.6 Å². The Morgan fingerprint density at radius 3 is 2.88 bits per heavy atom. The fraction of sp³-hybridized carbons (Fsp3) is 0.500. The zero-order valence-corrected chi connectivity index (χ0v) is 9.87. The molecule has 0 heterocycles. The van der Waals surface area contributed by atoms with Crippen molar-refractivity contribution >= 4 is 11.6 Å². The van der Waals surface area contributed by atoms with E-state index >= 15 is 0 Å². The first-order chi connectivity index (χ1) is 7.73. The minimum absolute atomic E-state index is 0.0614. The molecule has 3 atom stereocenters. The van der Waals surface area contributed by atoms with Crippen LogP contribution >= 0.6 is 11.6 Å². The van der Waals surface area contributed by atoms with Gasteiger partial charge in [-0.2, -0.15) is 5.26 Å². The summed E-state index contributed by atoms with van der Waals surface area (Å²) in [5.74, 6) is 1.35. The molecule has 2 saturated carbocycles. The molecular weight excluding hydrogens is 218 g/mol. The van der Waals surface area contributed by atoms with Crippen LogP contribution in [-0.2, 0) is 6.42 Å². The number of hydrogen-bond acceptors (Lipinski definition) is 1. The smallest absolute Gasteiger partial charge is 0.0692 e. The van der Waals surface area contributed by atoms with Crippen LogP contribution in [-0.4, -0.2) is 0 Å². The number of halogens is 1. The lowest BCUT2D eigenvalue weighted by molar-refractivity contribution is 0.463. The summed E-state index contributed by atoms with van der Waals surface area (Å²) in [5, 5.41) is 10.00. The number of nitrogens with zero attached hydrogens (tertiary/aromatic N) is 1. The zero-order chi connectivity index (χ0) is 11.2. The van der Waals surface area contributed by atoms with Crippen molar-refractivity contribution in [1.82, 2.24) is 0 Å². The van der Waals surface area contributed by atoms with E-state index in [1.54, 1.807) is 0 Å². The first-order valence-corrected chi connectivity index (χ1v) is 6.26. The number of fused-ring (bicyclic) bond motifs is 1. The second-order valence-electron chi connectivity index (χ2n) is 5.27. The zero-order valence-electron chi connectivity index (χ0n) is 9.12. The fourth-order valence-corrected chi connectivity index (χ4v) is 3.47. The molecule has 0 amide bonds. The van der Waals surface area contributed by atoms with Crippen molar-refractivity contribution in [2.24, 2.45) is 17.3 Å². The fourth-order valence-electron chi connectivity index (χ4n) is 3.25. The van der Waals surface area contributed by atoms with Crippen LogP contribution in [0.1, 0.15) is 24.8 Å².